The smallest absolute Gasteiger partial charge is 0.291 e. The number of alkyl halides is 2. The average molecular weight is 1270 g/mol. The lowest BCUT2D eigenvalue weighted by Gasteiger charge is -2.12. The Balaban J connectivity index is 0.733. The molecule has 0 radical (unpaired) electrons. The first kappa shape index (κ1) is 66.1. The Kier molecular flexibility index (Phi) is 20.5. The molecular formula is C58H67F2N21O11. The van der Waals surface area contributed by atoms with Gasteiger partial charge in [-0.25, -0.2) is 13.8 Å². The second-order valence-electron chi connectivity index (χ2n) is 21.3. The number of anilines is 7. The van der Waals surface area contributed by atoms with Crippen molar-refractivity contribution in [2.24, 2.45) is 60.8 Å². The summed E-state index contributed by atoms with van der Waals surface area (Å²) in [6, 6.07) is 8.94. The SMILES string of the molecule is Cn1cc(NC(=O)CCNC(=O)c2cc(NC(=O)c3cc(NC(=O)c4cc(NC(=O)[C@H](N)CCNC(=O)c5cc(NC(=O)c6cc(NC(=O)CCNC(=O)c7cc(NC(=O)c8nccn8CC(F)F)cn7C)cn6C)cn5C)cn4C)cn3C)cn2C)cc1C(N)=O. The molecule has 0 aliphatic heterocycles. The Bertz CT molecular complexity index is 4190. The lowest BCUT2D eigenvalue weighted by molar-refractivity contribution is -0.118. The predicted molar refractivity (Wildman–Crippen MR) is 331 cm³/mol. The topological polar surface area (TPSA) is 412 Å². The fourth-order valence-corrected chi connectivity index (χ4v) is 9.62. The molecule has 8 rings (SSSR count). The molecule has 11 amide bonds. The summed E-state index contributed by atoms with van der Waals surface area (Å²) in [7, 11) is 11.1. The van der Waals surface area contributed by atoms with Gasteiger partial charge in [0, 0.05) is 138 Å². The molecule has 0 aromatic carbocycles. The van der Waals surface area contributed by atoms with E-state index in [1.54, 1.807) is 49.3 Å². The van der Waals surface area contributed by atoms with Crippen molar-refractivity contribution in [2.75, 3.05) is 56.9 Å². The Labute approximate surface area is 522 Å². The number of aromatic nitrogens is 9. The highest BCUT2D eigenvalue weighted by Gasteiger charge is 2.24. The van der Waals surface area contributed by atoms with Crippen LogP contribution in [0.1, 0.15) is 103 Å². The number of rotatable bonds is 27. The van der Waals surface area contributed by atoms with Crippen molar-refractivity contribution in [3.05, 3.63) is 144 Å². The highest BCUT2D eigenvalue weighted by molar-refractivity contribution is 6.09. The Hall–Kier alpha value is -11.8. The highest BCUT2D eigenvalue weighted by atomic mass is 19.3. The standard InChI is InChI=1S/C58H67F2N21O11/c1-74-23-31(16-39(74)49(62)84)67-47(82)9-12-65-53(87)41-19-35(27-76(41)3)71-57(91)45-22-36(28-80(45)7)72-56(90)44-21-33(25-79(44)6)69-51(85)38(61)8-11-64-52(86)40-18-34(26-75(40)2)70-55(89)43-17-32(24-78(43)5)68-48(83)10-13-66-54(88)42-20-37(29-77(42)4)73-58(92)50-63-14-15-81(50)30-46(59)60/h14-29,38,46H,8-13,30,61H2,1-7H3,(H2,62,84)(H,64,86)(H,65,87)(H,66,88)(H,67,82)(H,68,83)(H,69,85)(H,70,89)(H,71,91)(H,72,90)(H,73,92)/t38-/m1/s1. The third-order valence-electron chi connectivity index (χ3n) is 14.2. The van der Waals surface area contributed by atoms with E-state index in [1.165, 1.54) is 130 Å². The molecule has 14 N–H and O–H groups in total. The van der Waals surface area contributed by atoms with E-state index in [0.717, 1.165) is 4.57 Å². The molecule has 8 aromatic heterocycles. The van der Waals surface area contributed by atoms with Gasteiger partial charge in [0.05, 0.1) is 52.4 Å². The lowest BCUT2D eigenvalue weighted by Crippen LogP contribution is -2.39. The largest absolute Gasteiger partial charge is 0.364 e. The first-order valence-electron chi connectivity index (χ1n) is 28.1. The molecule has 0 saturated heterocycles. The van der Waals surface area contributed by atoms with Crippen LogP contribution in [0, 0.1) is 0 Å². The summed E-state index contributed by atoms with van der Waals surface area (Å²) in [6.45, 7) is -0.827. The number of carbonyl (C=O) groups excluding carboxylic acids is 11. The van der Waals surface area contributed by atoms with Crippen LogP contribution in [-0.4, -0.2) is 139 Å². The van der Waals surface area contributed by atoms with E-state index in [0.29, 0.717) is 11.4 Å². The highest BCUT2D eigenvalue weighted by Crippen LogP contribution is 2.23. The summed E-state index contributed by atoms with van der Waals surface area (Å²) in [4.78, 5) is 146. The summed E-state index contributed by atoms with van der Waals surface area (Å²) in [5, 5.41) is 26.7. The number of primary amides is 1. The maximum atomic E-state index is 13.5. The van der Waals surface area contributed by atoms with Gasteiger partial charge < -0.3 is 101 Å². The van der Waals surface area contributed by atoms with Gasteiger partial charge in [-0.15, -0.1) is 0 Å². The molecule has 0 bridgehead atoms. The van der Waals surface area contributed by atoms with E-state index in [-0.39, 0.29) is 113 Å². The van der Waals surface area contributed by atoms with E-state index in [4.69, 9.17) is 11.5 Å². The van der Waals surface area contributed by atoms with Gasteiger partial charge in [0.25, 0.3) is 53.7 Å². The van der Waals surface area contributed by atoms with Gasteiger partial charge >= 0.3 is 0 Å². The number of nitrogens with one attached hydrogen (secondary N) is 10. The van der Waals surface area contributed by atoms with E-state index in [1.807, 2.05) is 0 Å². The van der Waals surface area contributed by atoms with Crippen LogP contribution in [0.5, 0.6) is 0 Å². The summed E-state index contributed by atoms with van der Waals surface area (Å²) < 4.78 is 37.2. The number of imidazole rings is 1. The van der Waals surface area contributed by atoms with Crippen LogP contribution >= 0.6 is 0 Å². The van der Waals surface area contributed by atoms with E-state index < -0.39 is 84.0 Å². The molecule has 32 nitrogen and oxygen atoms in total. The second kappa shape index (κ2) is 28.5. The Morgan fingerprint density at radius 2 is 0.728 bits per heavy atom. The first-order valence-corrected chi connectivity index (χ1v) is 28.1. The summed E-state index contributed by atoms with van der Waals surface area (Å²) in [6.07, 6.45) is 10.1. The van der Waals surface area contributed by atoms with Gasteiger partial charge in [0.15, 0.2) is 5.82 Å². The summed E-state index contributed by atoms with van der Waals surface area (Å²) in [5.74, 6) is -6.41. The fraction of sp³-hybridized carbons (Fsp3) is 0.276. The maximum Gasteiger partial charge on any atom is 0.291 e. The van der Waals surface area contributed by atoms with Crippen LogP contribution in [0.3, 0.4) is 0 Å². The number of hydrogen-bond donors (Lipinski definition) is 12. The molecule has 1 atom stereocenters. The minimum atomic E-state index is -2.70. The molecule has 484 valence electrons. The van der Waals surface area contributed by atoms with Gasteiger partial charge in [-0.05, 0) is 48.9 Å². The quantitative estimate of drug-likeness (QED) is 0.0352. The number of carbonyl (C=O) groups is 11. The molecule has 8 aromatic rings. The van der Waals surface area contributed by atoms with Gasteiger partial charge in [-0.1, -0.05) is 0 Å². The molecule has 0 spiro atoms. The van der Waals surface area contributed by atoms with Crippen LogP contribution in [0.15, 0.2) is 98.2 Å². The van der Waals surface area contributed by atoms with E-state index in [9.17, 15) is 61.5 Å². The van der Waals surface area contributed by atoms with Crippen molar-refractivity contribution in [3.63, 3.8) is 0 Å². The predicted octanol–water partition coefficient (Wildman–Crippen LogP) is 2.23. The number of nitrogens with zero attached hydrogens (tertiary/aromatic N) is 9. The van der Waals surface area contributed by atoms with Gasteiger partial charge in [0.2, 0.25) is 17.7 Å². The lowest BCUT2D eigenvalue weighted by atomic mass is 10.2. The van der Waals surface area contributed by atoms with E-state index >= 15 is 0 Å². The van der Waals surface area contributed by atoms with Crippen LogP contribution in [0.4, 0.5) is 48.6 Å². The second-order valence-corrected chi connectivity index (χ2v) is 21.3. The molecule has 8 heterocycles. The number of amides is 11. The third-order valence-corrected chi connectivity index (χ3v) is 14.2. The van der Waals surface area contributed by atoms with E-state index in [2.05, 4.69) is 58.2 Å². The zero-order chi connectivity index (χ0) is 66.8. The molecule has 0 aliphatic carbocycles. The molecule has 0 unspecified atom stereocenters. The van der Waals surface area contributed by atoms with Crippen molar-refractivity contribution in [2.45, 2.75) is 38.3 Å². The molecular weight excluding hydrogens is 1200 g/mol. The molecule has 92 heavy (non-hydrogen) atoms. The molecule has 34 heteroatoms. The monoisotopic (exact) mass is 1270 g/mol. The van der Waals surface area contributed by atoms with Gasteiger partial charge in [0.1, 0.15) is 39.9 Å². The zero-order valence-electron chi connectivity index (χ0n) is 50.8. The number of aryl methyl sites for hydroxylation is 7. The van der Waals surface area contributed by atoms with Crippen LogP contribution in [-0.2, 0) is 70.3 Å². The van der Waals surface area contributed by atoms with Crippen LogP contribution < -0.4 is 64.6 Å². The molecule has 0 aliphatic rings. The third kappa shape index (κ3) is 16.5. The fourth-order valence-electron chi connectivity index (χ4n) is 9.62. The number of halogens is 2. The minimum absolute atomic E-state index is 0.00992. The van der Waals surface area contributed by atoms with Gasteiger partial charge in [-0.3, -0.25) is 52.7 Å². The first-order chi connectivity index (χ1) is 43.6. The average Bonchev–Trinajstić information content (AvgIpc) is 1.93. The van der Waals surface area contributed by atoms with Crippen molar-refractivity contribution >= 4 is 105 Å². The maximum absolute atomic E-state index is 13.5. The Morgan fingerprint density at radius 1 is 0.424 bits per heavy atom. The van der Waals surface area contributed by atoms with Crippen molar-refractivity contribution in [1.82, 2.24) is 57.5 Å². The molecule has 0 fully saturated rings. The summed E-state index contributed by atoms with van der Waals surface area (Å²) >= 11 is 0. The van der Waals surface area contributed by atoms with Crippen LogP contribution in [0.2, 0.25) is 0 Å². The van der Waals surface area contributed by atoms with Crippen molar-refractivity contribution in [1.29, 1.82) is 0 Å². The molecule has 0 saturated carbocycles. The van der Waals surface area contributed by atoms with Gasteiger partial charge in [-0.2, -0.15) is 0 Å². The Morgan fingerprint density at radius 3 is 1.08 bits per heavy atom. The zero-order valence-corrected chi connectivity index (χ0v) is 50.8. The van der Waals surface area contributed by atoms with Crippen LogP contribution in [0.25, 0.3) is 0 Å². The number of hydrogen-bond acceptors (Lipinski definition) is 13. The van der Waals surface area contributed by atoms with Crippen molar-refractivity contribution in [3.8, 4) is 0 Å². The minimum Gasteiger partial charge on any atom is -0.364 e. The normalized spacial score (nSPS) is 11.4. The van der Waals surface area contributed by atoms with Crippen molar-refractivity contribution < 1.29 is 61.5 Å². The number of nitrogens with two attached hydrogens (primary N) is 2. The summed E-state index contributed by atoms with van der Waals surface area (Å²) in [5.41, 5.74) is 14.7.